The topological polar surface area (TPSA) is 174 Å². The van der Waals surface area contributed by atoms with E-state index >= 15 is 0 Å². The van der Waals surface area contributed by atoms with Crippen molar-refractivity contribution in [2.75, 3.05) is 48.1 Å². The third kappa shape index (κ3) is 3.65. The quantitative estimate of drug-likeness (QED) is 0.256. The van der Waals surface area contributed by atoms with Gasteiger partial charge in [-0.3, -0.25) is 9.69 Å². The molecule has 1 aromatic carbocycles. The van der Waals surface area contributed by atoms with Crippen molar-refractivity contribution < 1.29 is 58.4 Å². The summed E-state index contributed by atoms with van der Waals surface area (Å²) < 4.78 is 36.9. The summed E-state index contributed by atoms with van der Waals surface area (Å²) in [6.07, 6.45) is -7.38. The number of hydrogen-bond donors (Lipinski definition) is 4. The Kier molecular flexibility index (Phi) is 7.72. The van der Waals surface area contributed by atoms with Gasteiger partial charge in [-0.1, -0.05) is 25.1 Å². The summed E-state index contributed by atoms with van der Waals surface area (Å²) in [4.78, 5) is 29.2. The minimum absolute atomic E-state index is 0.119. The number of rotatable bonds is 9. The molecule has 5 aliphatic carbocycles. The van der Waals surface area contributed by atoms with E-state index in [4.69, 9.17) is 28.4 Å². The van der Waals surface area contributed by atoms with E-state index in [2.05, 4.69) is 4.90 Å². The normalized spacial score (nSPS) is 50.7. The summed E-state index contributed by atoms with van der Waals surface area (Å²) in [5.74, 6) is -4.34. The van der Waals surface area contributed by atoms with Gasteiger partial charge < -0.3 is 48.8 Å². The Balaban J connectivity index is 1.57. The number of carbonyl (C=O) groups excluding carboxylic acids is 2. The first-order chi connectivity index (χ1) is 22.3. The van der Waals surface area contributed by atoms with E-state index in [0.717, 1.165) is 0 Å². The summed E-state index contributed by atoms with van der Waals surface area (Å²) in [5, 5.41) is 51.1. The molecule has 15 atom stereocenters. The highest BCUT2D eigenvalue weighted by molar-refractivity contribution is 5.89. The van der Waals surface area contributed by atoms with Crippen LogP contribution in [0.1, 0.15) is 37.0 Å². The van der Waals surface area contributed by atoms with E-state index < -0.39 is 106 Å². The molecule has 0 unspecified atom stereocenters. The lowest BCUT2D eigenvalue weighted by Crippen LogP contribution is -2.85. The second kappa shape index (κ2) is 10.9. The highest BCUT2D eigenvalue weighted by Crippen LogP contribution is 2.81. The second-order valence-corrected chi connectivity index (χ2v) is 14.6. The number of nitrogens with zero attached hydrogens (tertiary/aromatic N) is 1. The molecule has 13 nitrogen and oxygen atoms in total. The lowest BCUT2D eigenvalue weighted by atomic mass is 9.40. The van der Waals surface area contributed by atoms with E-state index in [9.17, 15) is 30.0 Å². The van der Waals surface area contributed by atoms with Crippen LogP contribution in [-0.4, -0.2) is 145 Å². The zero-order valence-corrected chi connectivity index (χ0v) is 27.7. The molecule has 1 saturated heterocycles. The smallest absolute Gasteiger partial charge is 0.338 e. The van der Waals surface area contributed by atoms with Gasteiger partial charge in [0, 0.05) is 83.5 Å². The largest absolute Gasteiger partial charge is 0.455 e. The molecule has 0 aromatic heterocycles. The summed E-state index contributed by atoms with van der Waals surface area (Å²) in [5.41, 5.74) is -8.15. The highest BCUT2D eigenvalue weighted by Gasteiger charge is 2.96. The zero-order chi connectivity index (χ0) is 33.9. The number of carbonyl (C=O) groups is 2. The first kappa shape index (κ1) is 33.3. The molecule has 1 spiro atoms. The number of esters is 2. The predicted octanol–water partition coefficient (Wildman–Crippen LogP) is -0.237. The number of hydrogen-bond acceptors (Lipinski definition) is 13. The average Bonchev–Trinajstić information content (AvgIpc) is 3.39. The SMILES string of the molecule is CCN1C[C@]2(COC)[C@H](O)C[C@H](OC)[C@@]34[C@@H]2[C@@H](OC)[C@@H]([C@@H]13)[C@]1(OC(C)=O)[C@H]2[C@@H](OC(=O)c3ccccc3)[C@](O)(C[C@]24O)[C@@H](OC)[C@@H]1O. The number of piperidine rings is 1. The van der Waals surface area contributed by atoms with Crippen LogP contribution >= 0.6 is 0 Å². The highest BCUT2D eigenvalue weighted by atomic mass is 16.6. The van der Waals surface area contributed by atoms with Crippen LogP contribution in [0.4, 0.5) is 0 Å². The number of benzene rings is 1. The van der Waals surface area contributed by atoms with Gasteiger partial charge in [-0.05, 0) is 18.7 Å². The van der Waals surface area contributed by atoms with Crippen molar-refractivity contribution in [1.29, 1.82) is 0 Å². The number of ether oxygens (including phenoxy) is 6. The average molecular weight is 662 g/mol. The number of aliphatic hydroxyl groups excluding tert-OH is 2. The van der Waals surface area contributed by atoms with Crippen molar-refractivity contribution in [2.45, 2.75) is 86.2 Å². The first-order valence-corrected chi connectivity index (χ1v) is 16.4. The molecular formula is C34H47NO12. The van der Waals surface area contributed by atoms with Crippen molar-refractivity contribution in [3.63, 3.8) is 0 Å². The molecule has 13 heteroatoms. The van der Waals surface area contributed by atoms with Gasteiger partial charge in [0.2, 0.25) is 0 Å². The van der Waals surface area contributed by atoms with Crippen LogP contribution in [0, 0.1) is 28.6 Å². The minimum Gasteiger partial charge on any atom is -0.455 e. The van der Waals surface area contributed by atoms with Crippen molar-refractivity contribution in [3.8, 4) is 0 Å². The Bertz CT molecular complexity index is 1410. The van der Waals surface area contributed by atoms with Gasteiger partial charge in [0.25, 0.3) is 0 Å². The molecular weight excluding hydrogens is 614 g/mol. The Morgan fingerprint density at radius 2 is 1.68 bits per heavy atom. The van der Waals surface area contributed by atoms with Crippen LogP contribution in [0.2, 0.25) is 0 Å². The maximum atomic E-state index is 13.8. The van der Waals surface area contributed by atoms with Gasteiger partial charge in [-0.15, -0.1) is 0 Å². The Morgan fingerprint density at radius 1 is 0.979 bits per heavy atom. The third-order valence-corrected chi connectivity index (χ3v) is 13.2. The number of aliphatic hydroxyl groups is 4. The number of likely N-dealkylation sites (tertiary alicyclic amines) is 1. The van der Waals surface area contributed by atoms with Crippen molar-refractivity contribution in [3.05, 3.63) is 35.9 Å². The summed E-state index contributed by atoms with van der Waals surface area (Å²) >= 11 is 0. The van der Waals surface area contributed by atoms with Crippen LogP contribution < -0.4 is 0 Å². The molecule has 6 aliphatic rings. The van der Waals surface area contributed by atoms with E-state index in [0.29, 0.717) is 13.1 Å². The molecule has 6 fully saturated rings. The van der Waals surface area contributed by atoms with Crippen LogP contribution in [0.15, 0.2) is 30.3 Å². The number of fused-ring (bicyclic) bond motifs is 2. The maximum absolute atomic E-state index is 13.8. The molecule has 1 heterocycles. The van der Waals surface area contributed by atoms with Gasteiger partial charge in [0.15, 0.2) is 5.60 Å². The molecule has 0 amide bonds. The molecule has 0 radical (unpaired) electrons. The summed E-state index contributed by atoms with van der Waals surface area (Å²) in [6, 6.07) is 7.64. The lowest BCUT2D eigenvalue weighted by molar-refractivity contribution is -0.355. The summed E-state index contributed by atoms with van der Waals surface area (Å²) in [7, 11) is 5.94. The predicted molar refractivity (Wildman–Crippen MR) is 162 cm³/mol. The van der Waals surface area contributed by atoms with Crippen LogP contribution in [-0.2, 0) is 33.2 Å². The molecule has 260 valence electrons. The van der Waals surface area contributed by atoms with Crippen LogP contribution in [0.25, 0.3) is 0 Å². The molecule has 47 heavy (non-hydrogen) atoms. The van der Waals surface area contributed by atoms with Crippen LogP contribution in [0.3, 0.4) is 0 Å². The first-order valence-electron chi connectivity index (χ1n) is 16.4. The van der Waals surface area contributed by atoms with Gasteiger partial charge in [0.1, 0.15) is 23.9 Å². The maximum Gasteiger partial charge on any atom is 0.338 e. The fourth-order valence-electron chi connectivity index (χ4n) is 12.3. The van der Waals surface area contributed by atoms with E-state index in [-0.39, 0.29) is 18.6 Å². The molecule has 7 rings (SSSR count). The third-order valence-electron chi connectivity index (χ3n) is 13.2. The van der Waals surface area contributed by atoms with Gasteiger partial charge in [-0.25, -0.2) is 4.79 Å². The molecule has 1 aromatic rings. The van der Waals surface area contributed by atoms with Gasteiger partial charge >= 0.3 is 11.9 Å². The fourth-order valence-corrected chi connectivity index (χ4v) is 12.3. The van der Waals surface area contributed by atoms with Gasteiger partial charge in [-0.2, -0.15) is 0 Å². The van der Waals surface area contributed by atoms with E-state index in [1.807, 2.05) is 6.92 Å². The fraction of sp³-hybridized carbons (Fsp3) is 0.765. The van der Waals surface area contributed by atoms with Gasteiger partial charge in [0.05, 0.1) is 42.0 Å². The van der Waals surface area contributed by atoms with E-state index in [1.54, 1.807) is 37.4 Å². The zero-order valence-electron chi connectivity index (χ0n) is 27.7. The molecule has 1 aliphatic heterocycles. The Hall–Kier alpha value is -2.20. The standard InChI is InChI=1S/C34H47NO12/c1-7-35-15-30(16-42-3)19(37)13-20(43-4)33-23(30)22(44-5)21(25(33)35)34(47-17(2)36)24-27(46-29(39)18-11-9-8-10-12-18)31(40,14-32(24,33)41)28(45-6)26(34)38/h8-12,19-28,37-38,40-41H,7,13-16H2,1-6H3/t19-,20+,21+,22+,23-,24+,25-,26+,27-,28+,30+,31-,32+,33-,34+/m1/s1. The Morgan fingerprint density at radius 3 is 2.26 bits per heavy atom. The molecule has 5 saturated carbocycles. The second-order valence-electron chi connectivity index (χ2n) is 14.6. The minimum atomic E-state index is -2.12. The van der Waals surface area contributed by atoms with Crippen LogP contribution in [0.5, 0.6) is 0 Å². The molecule has 4 N–H and O–H groups in total. The lowest BCUT2D eigenvalue weighted by Gasteiger charge is -2.72. The number of methoxy groups -OCH3 is 4. The van der Waals surface area contributed by atoms with Crippen molar-refractivity contribution in [1.82, 2.24) is 4.90 Å². The van der Waals surface area contributed by atoms with Crippen molar-refractivity contribution in [2.24, 2.45) is 28.6 Å². The summed E-state index contributed by atoms with van der Waals surface area (Å²) in [6.45, 7) is 4.15. The monoisotopic (exact) mass is 661 g/mol. The van der Waals surface area contributed by atoms with E-state index in [1.165, 1.54) is 28.3 Å². The molecule has 7 bridgehead atoms. The van der Waals surface area contributed by atoms with Crippen molar-refractivity contribution >= 4 is 11.9 Å². The Labute approximate surface area is 274 Å².